The lowest BCUT2D eigenvalue weighted by atomic mass is 9.84. The van der Waals surface area contributed by atoms with Crippen LogP contribution in [-0.2, 0) is 18.9 Å². The van der Waals surface area contributed by atoms with E-state index in [-0.39, 0.29) is 12.5 Å². The Morgan fingerprint density at radius 3 is 1.97 bits per heavy atom. The molecule has 13 nitrogen and oxygen atoms in total. The third kappa shape index (κ3) is 5.35. The highest BCUT2D eigenvalue weighted by atomic mass is 16.7. The molecule has 0 radical (unpaired) electrons. The minimum Gasteiger partial charge on any atom is -0.394 e. The van der Waals surface area contributed by atoms with E-state index in [1.54, 1.807) is 0 Å². The summed E-state index contributed by atoms with van der Waals surface area (Å²) < 4.78 is 23.0. The van der Waals surface area contributed by atoms with E-state index >= 15 is 0 Å². The summed E-state index contributed by atoms with van der Waals surface area (Å²) in [7, 11) is 0. The van der Waals surface area contributed by atoms with Crippen molar-refractivity contribution in [2.45, 2.75) is 98.7 Å². The summed E-state index contributed by atoms with van der Waals surface area (Å²) in [5, 5.41) is 40.7. The first-order valence-corrected chi connectivity index (χ1v) is 10.7. The standard InChI is InChI=1S/C18H37N5O8/c19-4-6-1-2-7(20)17(28-6)30-15-8(21)3-9(22)16(14(15)27)31-18-13(26)11(23)12(25)10(5-24)29-18/h6-18,24-27H,1-5,19-23H2/t6-,7+,8-,9+,10+,11-,12+,13+,14-,15+,16-,17+,18-/m0/s1. The lowest BCUT2D eigenvalue weighted by Gasteiger charge is -2.47. The maximum absolute atomic E-state index is 11.0. The summed E-state index contributed by atoms with van der Waals surface area (Å²) in [4.78, 5) is 0. The van der Waals surface area contributed by atoms with Crippen LogP contribution >= 0.6 is 0 Å². The number of nitrogens with two attached hydrogens (primary N) is 5. The highest BCUT2D eigenvalue weighted by Crippen LogP contribution is 2.30. The van der Waals surface area contributed by atoms with Gasteiger partial charge in [-0.05, 0) is 19.3 Å². The topological polar surface area (TPSA) is 248 Å². The fourth-order valence-corrected chi connectivity index (χ4v) is 4.36. The van der Waals surface area contributed by atoms with Gasteiger partial charge >= 0.3 is 0 Å². The first-order chi connectivity index (χ1) is 14.7. The lowest BCUT2D eigenvalue weighted by molar-refractivity contribution is -0.313. The molecule has 0 spiro atoms. The fourth-order valence-electron chi connectivity index (χ4n) is 4.36. The molecule has 14 N–H and O–H groups in total. The van der Waals surface area contributed by atoms with Gasteiger partial charge in [-0.1, -0.05) is 0 Å². The van der Waals surface area contributed by atoms with E-state index in [9.17, 15) is 20.4 Å². The zero-order chi connectivity index (χ0) is 22.9. The molecule has 2 saturated heterocycles. The minimum atomic E-state index is -1.41. The molecule has 2 aliphatic heterocycles. The van der Waals surface area contributed by atoms with Crippen molar-refractivity contribution < 1.29 is 39.4 Å². The van der Waals surface area contributed by atoms with Crippen LogP contribution in [0.25, 0.3) is 0 Å². The van der Waals surface area contributed by atoms with E-state index in [4.69, 9.17) is 47.6 Å². The normalized spacial score (nSPS) is 51.6. The smallest absolute Gasteiger partial charge is 0.186 e. The van der Waals surface area contributed by atoms with E-state index < -0.39 is 80.0 Å². The molecular formula is C18H37N5O8. The third-order valence-electron chi connectivity index (χ3n) is 6.34. The van der Waals surface area contributed by atoms with E-state index in [0.717, 1.165) is 0 Å². The van der Waals surface area contributed by atoms with Gasteiger partial charge in [0.2, 0.25) is 0 Å². The van der Waals surface area contributed by atoms with Crippen LogP contribution in [0.2, 0.25) is 0 Å². The number of aliphatic hydroxyl groups excluding tert-OH is 4. The van der Waals surface area contributed by atoms with Crippen molar-refractivity contribution in [2.75, 3.05) is 13.2 Å². The Morgan fingerprint density at radius 1 is 0.774 bits per heavy atom. The van der Waals surface area contributed by atoms with E-state index in [0.29, 0.717) is 19.4 Å². The van der Waals surface area contributed by atoms with Crippen molar-refractivity contribution in [2.24, 2.45) is 28.7 Å². The molecule has 2 heterocycles. The predicted molar refractivity (Wildman–Crippen MR) is 107 cm³/mol. The molecule has 3 rings (SSSR count). The van der Waals surface area contributed by atoms with Crippen LogP contribution < -0.4 is 28.7 Å². The van der Waals surface area contributed by atoms with Gasteiger partial charge in [0, 0.05) is 18.6 Å². The number of hydrogen-bond acceptors (Lipinski definition) is 13. The van der Waals surface area contributed by atoms with E-state index in [1.807, 2.05) is 0 Å². The summed E-state index contributed by atoms with van der Waals surface area (Å²) in [6.45, 7) is -0.214. The van der Waals surface area contributed by atoms with Gasteiger partial charge in [-0.3, -0.25) is 0 Å². The largest absolute Gasteiger partial charge is 0.394 e. The average molecular weight is 452 g/mol. The molecule has 31 heavy (non-hydrogen) atoms. The summed E-state index contributed by atoms with van der Waals surface area (Å²) in [5.74, 6) is 0. The second kappa shape index (κ2) is 10.6. The lowest BCUT2D eigenvalue weighted by Crippen LogP contribution is -2.68. The van der Waals surface area contributed by atoms with Crippen LogP contribution in [0.15, 0.2) is 0 Å². The second-order valence-corrected chi connectivity index (χ2v) is 8.64. The Kier molecular flexibility index (Phi) is 8.59. The second-order valence-electron chi connectivity index (χ2n) is 8.64. The minimum absolute atomic E-state index is 0.204. The van der Waals surface area contributed by atoms with Crippen LogP contribution in [0.3, 0.4) is 0 Å². The molecule has 0 bridgehead atoms. The first-order valence-electron chi connectivity index (χ1n) is 10.7. The molecular weight excluding hydrogens is 414 g/mol. The quantitative estimate of drug-likeness (QED) is 0.183. The number of rotatable bonds is 6. The summed E-state index contributed by atoms with van der Waals surface area (Å²) in [6, 6.07) is -2.85. The maximum Gasteiger partial charge on any atom is 0.186 e. The van der Waals surface area contributed by atoms with Crippen LogP contribution in [0.5, 0.6) is 0 Å². The van der Waals surface area contributed by atoms with Gasteiger partial charge in [0.05, 0.1) is 24.8 Å². The Labute approximate surface area is 180 Å². The zero-order valence-electron chi connectivity index (χ0n) is 17.3. The van der Waals surface area contributed by atoms with Crippen LogP contribution in [0.4, 0.5) is 0 Å². The highest BCUT2D eigenvalue weighted by Gasteiger charge is 2.49. The SMILES string of the molecule is NC[C@@H]1CC[C@@H](N)[C@@H](O[C@H]2[C@H](O)[C@@H](O[C@@H]3O[C@H](CO)[C@@H](O)[C@H](N)[C@H]3O)[C@H](N)C[C@@H]2N)O1. The van der Waals surface area contributed by atoms with Crippen molar-refractivity contribution in [3.8, 4) is 0 Å². The molecule has 0 unspecified atom stereocenters. The van der Waals surface area contributed by atoms with Gasteiger partial charge in [-0.15, -0.1) is 0 Å². The van der Waals surface area contributed by atoms with Crippen molar-refractivity contribution >= 4 is 0 Å². The van der Waals surface area contributed by atoms with Crippen molar-refractivity contribution in [1.82, 2.24) is 0 Å². The molecule has 13 heteroatoms. The van der Waals surface area contributed by atoms with Gasteiger partial charge in [0.15, 0.2) is 12.6 Å². The van der Waals surface area contributed by atoms with Gasteiger partial charge in [0.25, 0.3) is 0 Å². The molecule has 1 saturated carbocycles. The van der Waals surface area contributed by atoms with Crippen molar-refractivity contribution in [3.63, 3.8) is 0 Å². The molecule has 0 aromatic rings. The van der Waals surface area contributed by atoms with Crippen LogP contribution in [0, 0.1) is 0 Å². The molecule has 0 amide bonds. The van der Waals surface area contributed by atoms with Gasteiger partial charge < -0.3 is 68.0 Å². The molecule has 3 fully saturated rings. The molecule has 13 atom stereocenters. The Balaban J connectivity index is 1.69. The molecule has 1 aliphatic carbocycles. The summed E-state index contributed by atoms with van der Waals surface area (Å²) in [5.41, 5.74) is 30.0. The van der Waals surface area contributed by atoms with Crippen LogP contribution in [-0.4, -0.2) is 113 Å². The molecule has 0 aromatic heterocycles. The van der Waals surface area contributed by atoms with Crippen LogP contribution in [0.1, 0.15) is 19.3 Å². The monoisotopic (exact) mass is 451 g/mol. The Bertz CT molecular complexity index is 577. The molecule has 182 valence electrons. The number of ether oxygens (including phenoxy) is 4. The van der Waals surface area contributed by atoms with E-state index in [1.165, 1.54) is 0 Å². The van der Waals surface area contributed by atoms with Crippen molar-refractivity contribution in [3.05, 3.63) is 0 Å². The van der Waals surface area contributed by atoms with Gasteiger partial charge in [0.1, 0.15) is 36.6 Å². The van der Waals surface area contributed by atoms with Gasteiger partial charge in [-0.2, -0.15) is 0 Å². The average Bonchev–Trinajstić information content (AvgIpc) is 2.75. The summed E-state index contributed by atoms with van der Waals surface area (Å²) in [6.07, 6.45) is -7.72. The van der Waals surface area contributed by atoms with Gasteiger partial charge in [-0.25, -0.2) is 0 Å². The maximum atomic E-state index is 11.0. The predicted octanol–water partition coefficient (Wildman–Crippen LogP) is -5.27. The summed E-state index contributed by atoms with van der Waals surface area (Å²) >= 11 is 0. The Morgan fingerprint density at radius 2 is 1.39 bits per heavy atom. The number of aliphatic hydroxyl groups is 4. The van der Waals surface area contributed by atoms with Crippen molar-refractivity contribution in [1.29, 1.82) is 0 Å². The molecule has 3 aliphatic rings. The number of hydrogen-bond donors (Lipinski definition) is 9. The fraction of sp³-hybridized carbons (Fsp3) is 1.00. The Hall–Kier alpha value is -0.520. The van der Waals surface area contributed by atoms with E-state index in [2.05, 4.69) is 0 Å². The molecule has 0 aromatic carbocycles. The highest BCUT2D eigenvalue weighted by molar-refractivity contribution is 5.00. The zero-order valence-corrected chi connectivity index (χ0v) is 17.3. The first kappa shape index (κ1) is 25.1. The third-order valence-corrected chi connectivity index (χ3v) is 6.34.